The lowest BCUT2D eigenvalue weighted by molar-refractivity contribution is -0.139. The van der Waals surface area contributed by atoms with E-state index in [2.05, 4.69) is 15.9 Å². The summed E-state index contributed by atoms with van der Waals surface area (Å²) in [5, 5.41) is 8.77. The number of hydrogen-bond acceptors (Lipinski definition) is 3. The smallest absolute Gasteiger partial charge is 0.314 e. The van der Waals surface area contributed by atoms with Crippen molar-refractivity contribution in [3.05, 3.63) is 28.2 Å². The van der Waals surface area contributed by atoms with E-state index in [1.807, 2.05) is 0 Å². The summed E-state index contributed by atoms with van der Waals surface area (Å²) < 4.78 is 5.72. The number of ether oxygens (including phenoxy) is 1. The van der Waals surface area contributed by atoms with Crippen molar-refractivity contribution in [2.45, 2.75) is 6.92 Å². The number of aliphatic carboxylic acids is 1. The number of ketones is 1. The molecule has 86 valence electrons. The lowest BCUT2D eigenvalue weighted by Crippen LogP contribution is -2.21. The average molecular weight is 287 g/mol. The fourth-order valence-corrected chi connectivity index (χ4v) is 1.58. The molecule has 0 saturated heterocycles. The molecule has 0 aliphatic rings. The first-order valence-corrected chi connectivity index (χ1v) is 5.37. The van der Waals surface area contributed by atoms with Gasteiger partial charge < -0.3 is 9.84 Å². The van der Waals surface area contributed by atoms with Crippen molar-refractivity contribution in [2.24, 2.45) is 5.92 Å². The van der Waals surface area contributed by atoms with Crippen LogP contribution in [-0.4, -0.2) is 24.0 Å². The van der Waals surface area contributed by atoms with E-state index >= 15 is 0 Å². The van der Waals surface area contributed by atoms with Gasteiger partial charge in [0.2, 0.25) is 0 Å². The van der Waals surface area contributed by atoms with E-state index in [4.69, 9.17) is 9.84 Å². The number of benzene rings is 1. The zero-order chi connectivity index (χ0) is 12.3. The number of rotatable bonds is 4. The number of carbonyl (C=O) groups is 2. The third-order valence-electron chi connectivity index (χ3n) is 2.19. The van der Waals surface area contributed by atoms with Gasteiger partial charge in [-0.05, 0) is 25.1 Å². The molecule has 16 heavy (non-hydrogen) atoms. The van der Waals surface area contributed by atoms with Crippen LogP contribution < -0.4 is 4.74 Å². The molecule has 0 aliphatic carbocycles. The molecule has 1 unspecified atom stereocenters. The van der Waals surface area contributed by atoms with Crippen LogP contribution >= 0.6 is 15.9 Å². The van der Waals surface area contributed by atoms with Crippen LogP contribution in [0.5, 0.6) is 5.75 Å². The first kappa shape index (κ1) is 12.7. The molecule has 5 heteroatoms. The van der Waals surface area contributed by atoms with E-state index in [1.54, 1.807) is 18.2 Å². The molecule has 0 aromatic heterocycles. The average Bonchev–Trinajstić information content (AvgIpc) is 2.26. The quantitative estimate of drug-likeness (QED) is 0.682. The molecule has 0 aliphatic heterocycles. The Morgan fingerprint density at radius 3 is 2.56 bits per heavy atom. The van der Waals surface area contributed by atoms with Gasteiger partial charge in [0.25, 0.3) is 0 Å². The maximum atomic E-state index is 11.8. The minimum absolute atomic E-state index is 0.270. The Bertz CT molecular complexity index is 428. The van der Waals surface area contributed by atoms with Crippen LogP contribution in [0.4, 0.5) is 0 Å². The Hall–Kier alpha value is -1.36. The Labute approximate surface area is 101 Å². The third kappa shape index (κ3) is 2.61. The Kier molecular flexibility index (Phi) is 4.06. The lowest BCUT2D eigenvalue weighted by atomic mass is 9.99. The van der Waals surface area contributed by atoms with Crippen molar-refractivity contribution in [3.8, 4) is 5.75 Å². The highest BCUT2D eigenvalue weighted by Gasteiger charge is 2.24. The summed E-state index contributed by atoms with van der Waals surface area (Å²) in [6.07, 6.45) is 0. The molecule has 0 bridgehead atoms. The minimum atomic E-state index is -1.15. The van der Waals surface area contributed by atoms with Gasteiger partial charge in [-0.15, -0.1) is 0 Å². The van der Waals surface area contributed by atoms with Crippen LogP contribution in [0.2, 0.25) is 0 Å². The van der Waals surface area contributed by atoms with E-state index in [0.29, 0.717) is 10.2 Å². The molecule has 4 nitrogen and oxygen atoms in total. The highest BCUT2D eigenvalue weighted by Crippen LogP contribution is 2.25. The number of carboxylic acids is 1. The highest BCUT2D eigenvalue weighted by molar-refractivity contribution is 9.10. The topological polar surface area (TPSA) is 63.6 Å². The van der Waals surface area contributed by atoms with Gasteiger partial charge in [0.05, 0.1) is 12.7 Å². The summed E-state index contributed by atoms with van der Waals surface area (Å²) in [6, 6.07) is 4.90. The molecule has 0 saturated carbocycles. The van der Waals surface area contributed by atoms with E-state index in [1.165, 1.54) is 14.0 Å². The zero-order valence-corrected chi connectivity index (χ0v) is 10.4. The Morgan fingerprint density at radius 2 is 2.06 bits per heavy atom. The highest BCUT2D eigenvalue weighted by atomic mass is 79.9. The summed E-state index contributed by atoms with van der Waals surface area (Å²) in [5.41, 5.74) is 0.270. The third-order valence-corrected chi connectivity index (χ3v) is 2.68. The van der Waals surface area contributed by atoms with Crippen LogP contribution in [0.3, 0.4) is 0 Å². The standard InChI is InChI=1S/C11H11BrO4/c1-6(11(14)15)10(13)8-5-7(12)3-4-9(8)16-2/h3-6H,1-2H3,(H,14,15). The van der Waals surface area contributed by atoms with Gasteiger partial charge in [-0.1, -0.05) is 15.9 Å². The van der Waals surface area contributed by atoms with E-state index < -0.39 is 17.7 Å². The van der Waals surface area contributed by atoms with Gasteiger partial charge >= 0.3 is 5.97 Å². The van der Waals surface area contributed by atoms with Gasteiger partial charge in [0.1, 0.15) is 11.7 Å². The maximum Gasteiger partial charge on any atom is 0.314 e. The predicted molar refractivity (Wildman–Crippen MR) is 61.8 cm³/mol. The van der Waals surface area contributed by atoms with Gasteiger partial charge in [0, 0.05) is 4.47 Å². The molecule has 0 fully saturated rings. The number of hydrogen-bond donors (Lipinski definition) is 1. The van der Waals surface area contributed by atoms with Crippen molar-refractivity contribution in [1.29, 1.82) is 0 Å². The SMILES string of the molecule is COc1ccc(Br)cc1C(=O)C(C)C(=O)O. The van der Waals surface area contributed by atoms with Crippen LogP contribution in [0.15, 0.2) is 22.7 Å². The molecule has 1 atom stereocenters. The molecule has 0 radical (unpaired) electrons. The van der Waals surface area contributed by atoms with Crippen LogP contribution in [0.1, 0.15) is 17.3 Å². The lowest BCUT2D eigenvalue weighted by Gasteiger charge is -2.10. The predicted octanol–water partition coefficient (Wildman–Crippen LogP) is 2.36. The number of Topliss-reactive ketones (excluding diaryl/α,β-unsaturated/α-hetero) is 1. The Balaban J connectivity index is 3.16. The molecule has 0 heterocycles. The molecular formula is C11H11BrO4. The number of halogens is 1. The molecule has 1 rings (SSSR count). The number of methoxy groups -OCH3 is 1. The van der Waals surface area contributed by atoms with Gasteiger partial charge in [-0.25, -0.2) is 0 Å². The van der Waals surface area contributed by atoms with Crippen molar-refractivity contribution in [3.63, 3.8) is 0 Å². The Morgan fingerprint density at radius 1 is 1.44 bits per heavy atom. The van der Waals surface area contributed by atoms with Crippen LogP contribution in [-0.2, 0) is 4.79 Å². The van der Waals surface area contributed by atoms with E-state index in [-0.39, 0.29) is 5.56 Å². The second-order valence-corrected chi connectivity index (χ2v) is 4.18. The van der Waals surface area contributed by atoms with Crippen molar-refractivity contribution in [2.75, 3.05) is 7.11 Å². The first-order valence-electron chi connectivity index (χ1n) is 4.58. The van der Waals surface area contributed by atoms with Gasteiger partial charge in [-0.2, -0.15) is 0 Å². The molecule has 1 aromatic carbocycles. The maximum absolute atomic E-state index is 11.8. The number of carbonyl (C=O) groups excluding carboxylic acids is 1. The summed E-state index contributed by atoms with van der Waals surface area (Å²) >= 11 is 3.22. The molecule has 1 aromatic rings. The number of carboxylic acid groups (broad SMARTS) is 1. The second-order valence-electron chi connectivity index (χ2n) is 3.27. The molecular weight excluding hydrogens is 276 g/mol. The second kappa shape index (κ2) is 5.12. The summed E-state index contributed by atoms with van der Waals surface area (Å²) in [7, 11) is 1.44. The fourth-order valence-electron chi connectivity index (χ4n) is 1.22. The molecule has 1 N–H and O–H groups in total. The normalized spacial score (nSPS) is 11.9. The zero-order valence-electron chi connectivity index (χ0n) is 8.86. The minimum Gasteiger partial charge on any atom is -0.496 e. The van der Waals surface area contributed by atoms with Gasteiger partial charge in [-0.3, -0.25) is 9.59 Å². The van der Waals surface area contributed by atoms with Crippen molar-refractivity contribution >= 4 is 27.7 Å². The largest absolute Gasteiger partial charge is 0.496 e. The van der Waals surface area contributed by atoms with Crippen LogP contribution in [0, 0.1) is 5.92 Å². The van der Waals surface area contributed by atoms with E-state index in [9.17, 15) is 9.59 Å². The summed E-state index contributed by atoms with van der Waals surface area (Å²) in [5.74, 6) is -2.32. The van der Waals surface area contributed by atoms with Gasteiger partial charge in [0.15, 0.2) is 5.78 Å². The van der Waals surface area contributed by atoms with E-state index in [0.717, 1.165) is 0 Å². The monoisotopic (exact) mass is 286 g/mol. The summed E-state index contributed by atoms with van der Waals surface area (Å²) in [4.78, 5) is 22.6. The fraction of sp³-hybridized carbons (Fsp3) is 0.273. The van der Waals surface area contributed by atoms with Crippen molar-refractivity contribution < 1.29 is 19.4 Å². The molecule has 0 spiro atoms. The van der Waals surface area contributed by atoms with Crippen molar-refractivity contribution in [1.82, 2.24) is 0 Å². The molecule has 0 amide bonds. The summed E-state index contributed by atoms with van der Waals surface area (Å²) in [6.45, 7) is 1.35. The first-order chi connectivity index (χ1) is 7.47. The van der Waals surface area contributed by atoms with Crippen LogP contribution in [0.25, 0.3) is 0 Å².